The summed E-state index contributed by atoms with van der Waals surface area (Å²) >= 11 is 0. The predicted molar refractivity (Wildman–Crippen MR) is 67.7 cm³/mol. The lowest BCUT2D eigenvalue weighted by Gasteiger charge is -2.23. The number of rotatable bonds is 5. The van der Waals surface area contributed by atoms with E-state index in [1.807, 2.05) is 12.1 Å². The van der Waals surface area contributed by atoms with Crippen LogP contribution in [0, 0.1) is 11.8 Å². The second-order valence-corrected chi connectivity index (χ2v) is 5.39. The smallest absolute Gasteiger partial charge is 0.133 e. The average molecular weight is 228 g/mol. The molecule has 1 fully saturated rings. The Hall–Kier alpha value is -0.120. The quantitative estimate of drug-likeness (QED) is 0.719. The predicted octanol–water partition coefficient (Wildman–Crippen LogP) is 2.93. The van der Waals surface area contributed by atoms with Gasteiger partial charge in [0.1, 0.15) is 6.23 Å². The molecule has 0 aromatic heterocycles. The van der Waals surface area contributed by atoms with Crippen LogP contribution in [0.25, 0.3) is 0 Å². The van der Waals surface area contributed by atoms with Gasteiger partial charge >= 0.3 is 0 Å². The van der Waals surface area contributed by atoms with Crippen molar-refractivity contribution in [3.05, 3.63) is 0 Å². The van der Waals surface area contributed by atoms with Crippen LogP contribution in [0.5, 0.6) is 0 Å². The summed E-state index contributed by atoms with van der Waals surface area (Å²) in [7, 11) is 4.16. The molecule has 0 radical (unpaired) electrons. The molecule has 0 aromatic rings. The van der Waals surface area contributed by atoms with Crippen molar-refractivity contribution in [2.24, 2.45) is 11.8 Å². The third-order valence-electron chi connectivity index (χ3n) is 4.11. The van der Waals surface area contributed by atoms with Gasteiger partial charge in [-0.1, -0.05) is 27.2 Å². The van der Waals surface area contributed by atoms with Gasteiger partial charge in [0.05, 0.1) is 6.17 Å². The molecule has 1 aliphatic rings. The Morgan fingerprint density at radius 1 is 1.25 bits per heavy atom. The summed E-state index contributed by atoms with van der Waals surface area (Å²) in [5.41, 5.74) is 0. The zero-order valence-electron chi connectivity index (χ0n) is 11.7. The van der Waals surface area contributed by atoms with E-state index < -0.39 is 0 Å². The second-order valence-electron chi connectivity index (χ2n) is 5.39. The van der Waals surface area contributed by atoms with Crippen LogP contribution in [0.2, 0.25) is 0 Å². The van der Waals surface area contributed by atoms with Crippen LogP contribution in [-0.2, 0) is 4.84 Å². The maximum atomic E-state index is 5.82. The van der Waals surface area contributed by atoms with Crippen molar-refractivity contribution in [3.63, 3.8) is 0 Å². The van der Waals surface area contributed by atoms with E-state index in [0.717, 1.165) is 18.3 Å². The van der Waals surface area contributed by atoms with E-state index >= 15 is 0 Å². The van der Waals surface area contributed by atoms with E-state index in [2.05, 4.69) is 39.6 Å². The highest BCUT2D eigenvalue weighted by Crippen LogP contribution is 2.26. The number of hydroxylamine groups is 2. The first-order chi connectivity index (χ1) is 7.47. The molecule has 3 unspecified atom stereocenters. The summed E-state index contributed by atoms with van der Waals surface area (Å²) in [6, 6.07) is 0. The lowest BCUT2D eigenvalue weighted by Crippen LogP contribution is -2.34. The maximum absolute atomic E-state index is 5.82. The van der Waals surface area contributed by atoms with Crippen LogP contribution in [-0.4, -0.2) is 36.5 Å². The molecule has 3 nitrogen and oxygen atoms in total. The first kappa shape index (κ1) is 13.9. The van der Waals surface area contributed by atoms with E-state index in [0.29, 0.717) is 6.17 Å². The normalized spacial score (nSPS) is 30.2. The molecule has 3 heteroatoms. The molecule has 0 N–H and O–H groups in total. The van der Waals surface area contributed by atoms with E-state index in [1.165, 1.54) is 12.8 Å². The van der Waals surface area contributed by atoms with Crippen LogP contribution < -0.4 is 0 Å². The minimum absolute atomic E-state index is 0.271. The van der Waals surface area contributed by atoms with Gasteiger partial charge in [-0.2, -0.15) is 5.06 Å². The van der Waals surface area contributed by atoms with Gasteiger partial charge in [0.25, 0.3) is 0 Å². The zero-order chi connectivity index (χ0) is 12.3. The van der Waals surface area contributed by atoms with Crippen molar-refractivity contribution in [2.45, 2.75) is 59.4 Å². The first-order valence-electron chi connectivity index (χ1n) is 6.58. The van der Waals surface area contributed by atoms with Crippen molar-refractivity contribution in [2.75, 3.05) is 14.1 Å². The number of nitrogens with zero attached hydrogens (tertiary/aromatic N) is 2. The summed E-state index contributed by atoms with van der Waals surface area (Å²) in [4.78, 5) is 8.13. The lowest BCUT2D eigenvalue weighted by atomic mass is 9.88. The number of hydrogen-bond acceptors (Lipinski definition) is 3. The van der Waals surface area contributed by atoms with Crippen molar-refractivity contribution in [1.29, 1.82) is 0 Å². The third-order valence-corrected chi connectivity index (χ3v) is 4.11. The lowest BCUT2D eigenvalue weighted by molar-refractivity contribution is -0.146. The Bertz CT molecular complexity index is 208. The molecule has 0 saturated carbocycles. The standard InChI is InChI=1S/C13H28N2O/c1-7-12(10(2)3)8-9-13-14(5)11(4)15(6)16-13/h10-13H,7-9H2,1-6H3. The Balaban J connectivity index is 2.38. The monoisotopic (exact) mass is 228 g/mol. The zero-order valence-corrected chi connectivity index (χ0v) is 11.7. The maximum Gasteiger partial charge on any atom is 0.133 e. The molecule has 96 valence electrons. The minimum Gasteiger partial charge on any atom is -0.279 e. The summed E-state index contributed by atoms with van der Waals surface area (Å²) in [5.74, 6) is 1.62. The molecular weight excluding hydrogens is 200 g/mol. The fourth-order valence-electron chi connectivity index (χ4n) is 2.47. The third kappa shape index (κ3) is 3.19. The van der Waals surface area contributed by atoms with Gasteiger partial charge in [-0.3, -0.25) is 9.74 Å². The van der Waals surface area contributed by atoms with Gasteiger partial charge in [0, 0.05) is 7.05 Å². The van der Waals surface area contributed by atoms with Gasteiger partial charge < -0.3 is 0 Å². The molecule has 0 bridgehead atoms. The summed E-state index contributed by atoms with van der Waals surface area (Å²) in [6.07, 6.45) is 4.35. The molecule has 1 aliphatic heterocycles. The fraction of sp³-hybridized carbons (Fsp3) is 1.00. The first-order valence-corrected chi connectivity index (χ1v) is 6.58. The molecule has 0 amide bonds. The molecule has 1 heterocycles. The van der Waals surface area contributed by atoms with E-state index in [9.17, 15) is 0 Å². The molecule has 3 atom stereocenters. The second kappa shape index (κ2) is 5.99. The topological polar surface area (TPSA) is 15.7 Å². The highest BCUT2D eigenvalue weighted by Gasteiger charge is 2.33. The molecular formula is C13H28N2O. The van der Waals surface area contributed by atoms with Gasteiger partial charge in [-0.05, 0) is 38.6 Å². The Labute approximate surface area is 101 Å². The fourth-order valence-corrected chi connectivity index (χ4v) is 2.47. The van der Waals surface area contributed by atoms with Crippen LogP contribution in [0.1, 0.15) is 47.0 Å². The molecule has 1 saturated heterocycles. The molecule has 0 aromatic carbocycles. The summed E-state index contributed by atoms with van der Waals surface area (Å²) < 4.78 is 0. The van der Waals surface area contributed by atoms with E-state index in [4.69, 9.17) is 4.84 Å². The summed E-state index contributed by atoms with van der Waals surface area (Å²) in [6.45, 7) is 9.11. The van der Waals surface area contributed by atoms with Crippen molar-refractivity contribution < 1.29 is 4.84 Å². The SMILES string of the molecule is CCC(CCC1ON(C)C(C)N1C)C(C)C. The number of hydrogen-bond donors (Lipinski definition) is 0. The van der Waals surface area contributed by atoms with E-state index in [1.54, 1.807) is 0 Å². The Morgan fingerprint density at radius 3 is 2.25 bits per heavy atom. The summed E-state index contributed by atoms with van der Waals surface area (Å²) in [5, 5.41) is 1.96. The van der Waals surface area contributed by atoms with Gasteiger partial charge in [-0.25, -0.2) is 0 Å². The molecule has 0 aliphatic carbocycles. The highest BCUT2D eigenvalue weighted by atomic mass is 16.7. The van der Waals surface area contributed by atoms with Crippen molar-refractivity contribution >= 4 is 0 Å². The molecule has 1 rings (SSSR count). The van der Waals surface area contributed by atoms with Crippen LogP contribution in [0.3, 0.4) is 0 Å². The van der Waals surface area contributed by atoms with Crippen LogP contribution >= 0.6 is 0 Å². The largest absolute Gasteiger partial charge is 0.279 e. The Kier molecular flexibility index (Phi) is 5.22. The van der Waals surface area contributed by atoms with Crippen molar-refractivity contribution in [3.8, 4) is 0 Å². The van der Waals surface area contributed by atoms with Crippen molar-refractivity contribution in [1.82, 2.24) is 9.96 Å². The van der Waals surface area contributed by atoms with Gasteiger partial charge in [0.2, 0.25) is 0 Å². The molecule has 0 spiro atoms. The highest BCUT2D eigenvalue weighted by molar-refractivity contribution is 4.72. The van der Waals surface area contributed by atoms with Crippen LogP contribution in [0.15, 0.2) is 0 Å². The minimum atomic E-state index is 0.271. The average Bonchev–Trinajstić information content (AvgIpc) is 2.47. The van der Waals surface area contributed by atoms with Gasteiger partial charge in [0.15, 0.2) is 0 Å². The Morgan fingerprint density at radius 2 is 1.88 bits per heavy atom. The van der Waals surface area contributed by atoms with E-state index in [-0.39, 0.29) is 6.23 Å². The van der Waals surface area contributed by atoms with Gasteiger partial charge in [-0.15, -0.1) is 0 Å². The van der Waals surface area contributed by atoms with Crippen LogP contribution in [0.4, 0.5) is 0 Å². The molecule has 16 heavy (non-hydrogen) atoms.